The number of likely N-dealkylation sites (tertiary alicyclic amines) is 1. The van der Waals surface area contributed by atoms with Crippen LogP contribution < -0.4 is 5.73 Å². The van der Waals surface area contributed by atoms with E-state index in [2.05, 4.69) is 11.8 Å². The van der Waals surface area contributed by atoms with Crippen molar-refractivity contribution in [3.05, 3.63) is 0 Å². The van der Waals surface area contributed by atoms with E-state index < -0.39 is 0 Å². The van der Waals surface area contributed by atoms with Crippen LogP contribution in [0, 0.1) is 5.92 Å². The van der Waals surface area contributed by atoms with Gasteiger partial charge < -0.3 is 5.73 Å². The van der Waals surface area contributed by atoms with Crippen LogP contribution in [0.4, 0.5) is 0 Å². The van der Waals surface area contributed by atoms with Gasteiger partial charge in [-0.05, 0) is 38.3 Å². The first-order valence-corrected chi connectivity index (χ1v) is 6.14. The van der Waals surface area contributed by atoms with Crippen LogP contribution in [0.5, 0.6) is 0 Å². The molecule has 1 atom stereocenters. The Morgan fingerprint density at radius 1 is 1.43 bits per heavy atom. The molecule has 0 aliphatic carbocycles. The summed E-state index contributed by atoms with van der Waals surface area (Å²) in [5, 5.41) is 0. The van der Waals surface area contributed by atoms with Crippen LogP contribution in [0.1, 0.15) is 39.0 Å². The Morgan fingerprint density at radius 3 is 2.86 bits per heavy atom. The minimum atomic E-state index is 0.638. The highest BCUT2D eigenvalue weighted by molar-refractivity contribution is 7.80. The molecule has 1 unspecified atom stereocenters. The lowest BCUT2D eigenvalue weighted by Gasteiger charge is -2.18. The van der Waals surface area contributed by atoms with Gasteiger partial charge in [0, 0.05) is 6.54 Å². The van der Waals surface area contributed by atoms with Gasteiger partial charge >= 0.3 is 0 Å². The zero-order chi connectivity index (χ0) is 10.4. The average molecular weight is 214 g/mol. The summed E-state index contributed by atoms with van der Waals surface area (Å²) in [5.74, 6) is 0.941. The molecule has 1 rings (SSSR count). The largest absolute Gasteiger partial charge is 0.392 e. The van der Waals surface area contributed by atoms with Gasteiger partial charge in [0.25, 0.3) is 0 Å². The van der Waals surface area contributed by atoms with E-state index >= 15 is 0 Å². The minimum absolute atomic E-state index is 0.638. The van der Waals surface area contributed by atoms with Crippen molar-refractivity contribution in [3.63, 3.8) is 0 Å². The van der Waals surface area contributed by atoms with Gasteiger partial charge in [-0.15, -0.1) is 0 Å². The minimum Gasteiger partial charge on any atom is -0.392 e. The third kappa shape index (κ3) is 4.38. The van der Waals surface area contributed by atoms with E-state index in [9.17, 15) is 0 Å². The quantitative estimate of drug-likeness (QED) is 0.727. The van der Waals surface area contributed by atoms with Crippen molar-refractivity contribution in [3.8, 4) is 0 Å². The lowest BCUT2D eigenvalue weighted by Crippen LogP contribution is -2.33. The first kappa shape index (κ1) is 11.9. The normalized spacial score (nSPS) is 24.5. The first-order valence-electron chi connectivity index (χ1n) is 5.73. The van der Waals surface area contributed by atoms with Crippen LogP contribution in [0.25, 0.3) is 0 Å². The summed E-state index contributed by atoms with van der Waals surface area (Å²) in [4.78, 5) is 3.04. The second kappa shape index (κ2) is 6.36. The zero-order valence-corrected chi connectivity index (χ0v) is 9.98. The smallest absolute Gasteiger partial charge is 0.0870 e. The highest BCUT2D eigenvalue weighted by Gasteiger charge is 2.16. The topological polar surface area (TPSA) is 29.3 Å². The molecule has 0 aromatic rings. The van der Waals surface area contributed by atoms with E-state index in [1.54, 1.807) is 0 Å². The van der Waals surface area contributed by atoms with Crippen LogP contribution in [-0.2, 0) is 0 Å². The molecule has 0 spiro atoms. The van der Waals surface area contributed by atoms with E-state index in [0.717, 1.165) is 12.5 Å². The van der Waals surface area contributed by atoms with E-state index in [4.69, 9.17) is 18.0 Å². The van der Waals surface area contributed by atoms with Crippen LogP contribution in [0.2, 0.25) is 0 Å². The molecule has 0 bridgehead atoms. The van der Waals surface area contributed by atoms with Gasteiger partial charge in [-0.3, -0.25) is 4.90 Å². The van der Waals surface area contributed by atoms with Crippen molar-refractivity contribution in [2.24, 2.45) is 11.7 Å². The summed E-state index contributed by atoms with van der Waals surface area (Å²) >= 11 is 4.94. The predicted octanol–water partition coefficient (Wildman–Crippen LogP) is 2.17. The molecule has 0 saturated carbocycles. The Labute approximate surface area is 92.8 Å². The van der Waals surface area contributed by atoms with Gasteiger partial charge in [-0.2, -0.15) is 0 Å². The zero-order valence-electron chi connectivity index (χ0n) is 9.17. The Morgan fingerprint density at radius 2 is 2.21 bits per heavy atom. The van der Waals surface area contributed by atoms with Crippen LogP contribution in [-0.4, -0.2) is 29.5 Å². The summed E-state index contributed by atoms with van der Waals surface area (Å²) in [6.07, 6.45) is 6.74. The van der Waals surface area contributed by atoms with Crippen LogP contribution in [0.15, 0.2) is 0 Å². The number of thiocarbonyl (C=S) groups is 1. The number of nitrogens with two attached hydrogens (primary N) is 1. The molecule has 82 valence electrons. The Kier molecular flexibility index (Phi) is 5.41. The number of rotatable bonds is 4. The number of nitrogens with zero attached hydrogens (tertiary/aromatic N) is 1. The van der Waals surface area contributed by atoms with Crippen molar-refractivity contribution >= 4 is 17.2 Å². The molecule has 2 N–H and O–H groups in total. The van der Waals surface area contributed by atoms with E-state index in [0.29, 0.717) is 4.99 Å². The molecule has 0 amide bonds. The summed E-state index contributed by atoms with van der Waals surface area (Å²) in [7, 11) is 0. The molecule has 1 saturated heterocycles. The summed E-state index contributed by atoms with van der Waals surface area (Å²) in [6, 6.07) is 0. The highest BCUT2D eigenvalue weighted by Crippen LogP contribution is 2.21. The standard InChI is InChI=1S/C11H22N2S/c1-2-4-10-5-3-7-13(8-6-10)9-11(12)14/h10H,2-9H2,1H3,(H2,12,14). The highest BCUT2D eigenvalue weighted by atomic mass is 32.1. The number of hydrogen-bond acceptors (Lipinski definition) is 2. The molecular weight excluding hydrogens is 192 g/mol. The van der Waals surface area contributed by atoms with E-state index in [-0.39, 0.29) is 0 Å². The third-order valence-electron chi connectivity index (χ3n) is 3.02. The first-order chi connectivity index (χ1) is 6.72. The fraction of sp³-hybridized carbons (Fsp3) is 0.909. The number of hydrogen-bond donors (Lipinski definition) is 1. The van der Waals surface area contributed by atoms with Crippen LogP contribution in [0.3, 0.4) is 0 Å². The van der Waals surface area contributed by atoms with Gasteiger partial charge in [0.05, 0.1) is 4.99 Å². The lowest BCUT2D eigenvalue weighted by molar-refractivity contribution is 0.317. The average Bonchev–Trinajstić information content (AvgIpc) is 2.31. The maximum atomic E-state index is 5.56. The lowest BCUT2D eigenvalue weighted by atomic mass is 9.96. The fourth-order valence-electron chi connectivity index (χ4n) is 2.30. The van der Waals surface area contributed by atoms with Crippen molar-refractivity contribution in [1.29, 1.82) is 0 Å². The van der Waals surface area contributed by atoms with Crippen molar-refractivity contribution in [2.45, 2.75) is 39.0 Å². The maximum absolute atomic E-state index is 5.56. The van der Waals surface area contributed by atoms with Crippen molar-refractivity contribution < 1.29 is 0 Å². The second-order valence-electron chi connectivity index (χ2n) is 4.33. The SMILES string of the molecule is CCCC1CCCN(CC(N)=S)CC1. The Bertz CT molecular complexity index is 182. The summed E-state index contributed by atoms with van der Waals surface area (Å²) < 4.78 is 0. The van der Waals surface area contributed by atoms with Gasteiger partial charge in [0.2, 0.25) is 0 Å². The van der Waals surface area contributed by atoms with Gasteiger partial charge in [-0.1, -0.05) is 32.0 Å². The predicted molar refractivity (Wildman–Crippen MR) is 65.5 cm³/mol. The molecule has 1 aliphatic rings. The molecule has 0 aromatic heterocycles. The van der Waals surface area contributed by atoms with E-state index in [1.807, 2.05) is 0 Å². The van der Waals surface area contributed by atoms with E-state index in [1.165, 1.54) is 45.2 Å². The molecule has 1 fully saturated rings. The molecule has 2 nitrogen and oxygen atoms in total. The molecule has 1 heterocycles. The summed E-state index contributed by atoms with van der Waals surface area (Å²) in [6.45, 7) is 5.45. The molecule has 0 radical (unpaired) electrons. The molecule has 3 heteroatoms. The Hall–Kier alpha value is -0.150. The van der Waals surface area contributed by atoms with Crippen molar-refractivity contribution in [1.82, 2.24) is 4.90 Å². The maximum Gasteiger partial charge on any atom is 0.0870 e. The second-order valence-corrected chi connectivity index (χ2v) is 4.85. The van der Waals surface area contributed by atoms with Gasteiger partial charge in [0.15, 0.2) is 0 Å². The Balaban J connectivity index is 2.29. The van der Waals surface area contributed by atoms with Gasteiger partial charge in [0.1, 0.15) is 0 Å². The molecule has 0 aromatic carbocycles. The van der Waals surface area contributed by atoms with Gasteiger partial charge in [-0.25, -0.2) is 0 Å². The summed E-state index contributed by atoms with van der Waals surface area (Å²) in [5.41, 5.74) is 5.56. The fourth-order valence-corrected chi connectivity index (χ4v) is 2.48. The van der Waals surface area contributed by atoms with Crippen molar-refractivity contribution in [2.75, 3.05) is 19.6 Å². The third-order valence-corrected chi connectivity index (χ3v) is 3.15. The van der Waals surface area contributed by atoms with Crippen LogP contribution >= 0.6 is 12.2 Å². The molecule has 1 aliphatic heterocycles. The molecular formula is C11H22N2S. The monoisotopic (exact) mass is 214 g/mol. The molecule has 14 heavy (non-hydrogen) atoms.